The Morgan fingerprint density at radius 1 is 0.686 bits per heavy atom. The highest BCUT2D eigenvalue weighted by Gasteiger charge is 2.29. The maximum Gasteiger partial charge on any atom is 0.360 e. The number of carbonyl (C=O) groups excluding carboxylic acids is 2. The molecule has 170 valence electrons. The molecule has 6 heteroatoms. The molecule has 0 aliphatic carbocycles. The van der Waals surface area contributed by atoms with Crippen molar-refractivity contribution in [2.45, 2.75) is 6.10 Å². The Morgan fingerprint density at radius 3 is 1.89 bits per heavy atom. The molecule has 0 N–H and O–H groups in total. The number of hydrogen-bond donors (Lipinski definition) is 0. The Bertz CT molecular complexity index is 1560. The van der Waals surface area contributed by atoms with Gasteiger partial charge in [-0.05, 0) is 18.2 Å². The molecule has 0 radical (unpaired) electrons. The van der Waals surface area contributed by atoms with Gasteiger partial charge in [-0.25, -0.2) is 4.79 Å². The molecule has 0 saturated heterocycles. The Balaban J connectivity index is 1.61. The molecule has 1 atom stereocenters. The van der Waals surface area contributed by atoms with Crippen LogP contribution in [-0.2, 0) is 4.74 Å². The number of rotatable bonds is 6. The van der Waals surface area contributed by atoms with E-state index in [1.165, 1.54) is 4.68 Å². The van der Waals surface area contributed by atoms with Crippen LogP contribution in [0.25, 0.3) is 16.5 Å². The fraction of sp³-hybridized carbons (Fsp3) is 0.0345. The van der Waals surface area contributed by atoms with Gasteiger partial charge in [-0.3, -0.25) is 9.59 Å². The average molecular weight is 460 g/mol. The molecule has 0 aliphatic rings. The quantitative estimate of drug-likeness (QED) is 0.258. The van der Waals surface area contributed by atoms with E-state index in [0.29, 0.717) is 27.6 Å². The second-order valence-corrected chi connectivity index (χ2v) is 7.87. The zero-order valence-corrected chi connectivity index (χ0v) is 18.6. The lowest BCUT2D eigenvalue weighted by molar-refractivity contribution is 0.0274. The van der Waals surface area contributed by atoms with E-state index in [-0.39, 0.29) is 17.0 Å². The summed E-state index contributed by atoms with van der Waals surface area (Å²) >= 11 is 0. The summed E-state index contributed by atoms with van der Waals surface area (Å²) in [5, 5.41) is 5.05. The first-order chi connectivity index (χ1) is 17.1. The van der Waals surface area contributed by atoms with Crippen molar-refractivity contribution in [3.63, 3.8) is 0 Å². The summed E-state index contributed by atoms with van der Waals surface area (Å²) in [4.78, 5) is 40.0. The van der Waals surface area contributed by atoms with Crippen LogP contribution >= 0.6 is 0 Å². The summed E-state index contributed by atoms with van der Waals surface area (Å²) < 4.78 is 6.99. The van der Waals surface area contributed by atoms with Crippen molar-refractivity contribution in [2.75, 3.05) is 0 Å². The van der Waals surface area contributed by atoms with Crippen LogP contribution in [-0.4, -0.2) is 21.5 Å². The number of benzene rings is 4. The van der Waals surface area contributed by atoms with Crippen molar-refractivity contribution in [2.24, 2.45) is 0 Å². The number of ether oxygens (including phenoxy) is 1. The molecule has 1 heterocycles. The number of nitrogens with zero attached hydrogens (tertiary/aromatic N) is 2. The summed E-state index contributed by atoms with van der Waals surface area (Å²) in [6.45, 7) is 0. The number of ketones is 1. The lowest BCUT2D eigenvalue weighted by Crippen LogP contribution is -2.27. The first kappa shape index (κ1) is 22.0. The fourth-order valence-corrected chi connectivity index (χ4v) is 3.90. The Morgan fingerprint density at radius 2 is 1.23 bits per heavy atom. The van der Waals surface area contributed by atoms with Gasteiger partial charge in [0.15, 0.2) is 11.8 Å². The maximum absolute atomic E-state index is 13.5. The van der Waals surface area contributed by atoms with Gasteiger partial charge in [0.25, 0.3) is 5.56 Å². The predicted octanol–water partition coefficient (Wildman–Crippen LogP) is 5.17. The number of esters is 1. The lowest BCUT2D eigenvalue weighted by Gasteiger charge is -2.18. The van der Waals surface area contributed by atoms with Gasteiger partial charge in [0, 0.05) is 16.5 Å². The molecule has 4 aromatic carbocycles. The number of carbonyl (C=O) groups is 2. The summed E-state index contributed by atoms with van der Waals surface area (Å²) in [5.41, 5.74) is 1.06. The second-order valence-electron chi connectivity index (χ2n) is 7.87. The van der Waals surface area contributed by atoms with Gasteiger partial charge in [-0.2, -0.15) is 9.78 Å². The zero-order valence-electron chi connectivity index (χ0n) is 18.6. The van der Waals surface area contributed by atoms with E-state index in [1.807, 2.05) is 18.2 Å². The number of fused-ring (bicyclic) bond motifs is 1. The topological polar surface area (TPSA) is 78.3 Å². The van der Waals surface area contributed by atoms with E-state index < -0.39 is 12.1 Å². The molecule has 5 rings (SSSR count). The highest BCUT2D eigenvalue weighted by Crippen LogP contribution is 2.25. The van der Waals surface area contributed by atoms with Gasteiger partial charge >= 0.3 is 5.97 Å². The summed E-state index contributed by atoms with van der Waals surface area (Å²) in [7, 11) is 0. The minimum absolute atomic E-state index is 0.0501. The first-order valence-electron chi connectivity index (χ1n) is 11.1. The third-order valence-electron chi connectivity index (χ3n) is 5.62. The Labute approximate surface area is 201 Å². The van der Waals surface area contributed by atoms with Crippen LogP contribution in [0.4, 0.5) is 0 Å². The van der Waals surface area contributed by atoms with Gasteiger partial charge in [0.05, 0.1) is 11.1 Å². The van der Waals surface area contributed by atoms with Crippen molar-refractivity contribution >= 4 is 22.5 Å². The van der Waals surface area contributed by atoms with Crippen molar-refractivity contribution in [1.82, 2.24) is 9.78 Å². The Kier molecular flexibility index (Phi) is 6.01. The highest BCUT2D eigenvalue weighted by atomic mass is 16.5. The molecular weight excluding hydrogens is 440 g/mol. The monoisotopic (exact) mass is 460 g/mol. The van der Waals surface area contributed by atoms with E-state index in [1.54, 1.807) is 97.1 Å². The number of hydrogen-bond acceptors (Lipinski definition) is 5. The molecule has 0 aliphatic heterocycles. The summed E-state index contributed by atoms with van der Waals surface area (Å²) in [6.07, 6.45) is -1.18. The van der Waals surface area contributed by atoms with Crippen LogP contribution in [0.3, 0.4) is 0 Å². The Hall–Kier alpha value is -4.84. The highest BCUT2D eigenvalue weighted by molar-refractivity contribution is 6.05. The van der Waals surface area contributed by atoms with E-state index in [4.69, 9.17) is 4.74 Å². The SMILES string of the molecule is O=C(OC(C(=O)c1ccccc1)c1ccccc1)c1nn(-c2ccccc2)c(=O)c2ccccc12. The van der Waals surface area contributed by atoms with E-state index >= 15 is 0 Å². The maximum atomic E-state index is 13.5. The lowest BCUT2D eigenvalue weighted by atomic mass is 10.00. The van der Waals surface area contributed by atoms with Crippen molar-refractivity contribution in [3.8, 4) is 5.69 Å². The molecular formula is C29H20N2O4. The number of para-hydroxylation sites is 1. The first-order valence-corrected chi connectivity index (χ1v) is 11.1. The van der Waals surface area contributed by atoms with Crippen LogP contribution < -0.4 is 5.56 Å². The summed E-state index contributed by atoms with van der Waals surface area (Å²) in [6, 6.07) is 33.1. The summed E-state index contributed by atoms with van der Waals surface area (Å²) in [5.74, 6) is -1.16. The molecule has 0 fully saturated rings. The van der Waals surface area contributed by atoms with Crippen LogP contribution in [0.1, 0.15) is 32.5 Å². The third-order valence-corrected chi connectivity index (χ3v) is 5.62. The van der Waals surface area contributed by atoms with Gasteiger partial charge in [0.2, 0.25) is 5.78 Å². The van der Waals surface area contributed by atoms with Crippen molar-refractivity contribution < 1.29 is 14.3 Å². The van der Waals surface area contributed by atoms with Gasteiger partial charge < -0.3 is 4.74 Å². The molecule has 0 spiro atoms. The molecule has 1 unspecified atom stereocenters. The predicted molar refractivity (Wildman–Crippen MR) is 133 cm³/mol. The van der Waals surface area contributed by atoms with Crippen molar-refractivity contribution in [3.05, 3.63) is 142 Å². The van der Waals surface area contributed by atoms with E-state index in [9.17, 15) is 14.4 Å². The van der Waals surface area contributed by atoms with Gasteiger partial charge in [0.1, 0.15) is 0 Å². The van der Waals surface area contributed by atoms with E-state index in [2.05, 4.69) is 5.10 Å². The molecule has 0 saturated carbocycles. The van der Waals surface area contributed by atoms with Crippen LogP contribution in [0.15, 0.2) is 120 Å². The molecule has 1 aromatic heterocycles. The van der Waals surface area contributed by atoms with Gasteiger partial charge in [-0.1, -0.05) is 97.1 Å². The smallest absolute Gasteiger partial charge is 0.360 e. The normalized spacial score (nSPS) is 11.7. The molecule has 0 bridgehead atoms. The van der Waals surface area contributed by atoms with Crippen LogP contribution in [0, 0.1) is 0 Å². The van der Waals surface area contributed by atoms with E-state index in [0.717, 1.165) is 0 Å². The van der Waals surface area contributed by atoms with Gasteiger partial charge in [-0.15, -0.1) is 0 Å². The zero-order chi connectivity index (χ0) is 24.2. The average Bonchev–Trinajstić information content (AvgIpc) is 2.93. The van der Waals surface area contributed by atoms with Crippen molar-refractivity contribution in [1.29, 1.82) is 0 Å². The molecule has 35 heavy (non-hydrogen) atoms. The number of aromatic nitrogens is 2. The molecule has 6 nitrogen and oxygen atoms in total. The second kappa shape index (κ2) is 9.57. The molecule has 0 amide bonds. The molecule has 5 aromatic rings. The van der Waals surface area contributed by atoms with Crippen LogP contribution in [0.2, 0.25) is 0 Å². The minimum Gasteiger partial charge on any atom is -0.444 e. The minimum atomic E-state index is -1.18. The third kappa shape index (κ3) is 4.37. The number of Topliss-reactive ketones (excluding diaryl/α,β-unsaturated/α-hetero) is 1. The van der Waals surface area contributed by atoms with Crippen LogP contribution in [0.5, 0.6) is 0 Å². The fourth-order valence-electron chi connectivity index (χ4n) is 3.90. The largest absolute Gasteiger partial charge is 0.444 e. The standard InChI is InChI=1S/C29H20N2O4/c32-26(20-12-4-1-5-13-20)27(21-14-6-2-7-15-21)35-29(34)25-23-18-10-11-19-24(23)28(33)31(30-25)22-16-8-3-9-17-22/h1-19,27H.